The average molecular weight is 343 g/mol. The highest BCUT2D eigenvalue weighted by Gasteiger charge is 2.02. The van der Waals surface area contributed by atoms with Crippen LogP contribution < -0.4 is 11.1 Å². The second kappa shape index (κ2) is 4.84. The molecule has 2 aromatic rings. The number of halogens is 2. The Morgan fingerprint density at radius 2 is 1.94 bits per heavy atom. The van der Waals surface area contributed by atoms with Crippen molar-refractivity contribution in [3.8, 4) is 0 Å². The largest absolute Gasteiger partial charge is 0.399 e. The first-order valence-electron chi connectivity index (χ1n) is 4.59. The molecule has 1 aromatic carbocycles. The van der Waals surface area contributed by atoms with E-state index >= 15 is 0 Å². The van der Waals surface area contributed by atoms with Crippen LogP contribution in [0.15, 0.2) is 45.5 Å². The first-order valence-corrected chi connectivity index (χ1v) is 6.17. The van der Waals surface area contributed by atoms with Crippen LogP contribution in [0.25, 0.3) is 0 Å². The lowest BCUT2D eigenvalue weighted by Gasteiger charge is -2.08. The standard InChI is InChI=1S/C11H9Br2N3/c12-7-1-2-9(13)10(5-7)16-11-6-8(14)3-4-15-11/h1-6H,(H3,14,15,16). The number of nitrogen functional groups attached to an aromatic ring is 1. The van der Waals surface area contributed by atoms with Crippen molar-refractivity contribution >= 4 is 49.1 Å². The summed E-state index contributed by atoms with van der Waals surface area (Å²) in [7, 11) is 0. The third kappa shape index (κ3) is 2.74. The molecule has 0 aliphatic rings. The van der Waals surface area contributed by atoms with Gasteiger partial charge in [-0.2, -0.15) is 0 Å². The van der Waals surface area contributed by atoms with Crippen LogP contribution >= 0.6 is 31.9 Å². The van der Waals surface area contributed by atoms with E-state index in [9.17, 15) is 0 Å². The summed E-state index contributed by atoms with van der Waals surface area (Å²) in [5.41, 5.74) is 7.30. The molecule has 0 spiro atoms. The van der Waals surface area contributed by atoms with Crippen molar-refractivity contribution in [1.29, 1.82) is 0 Å². The normalized spacial score (nSPS) is 10.1. The van der Waals surface area contributed by atoms with Gasteiger partial charge in [0.25, 0.3) is 0 Å². The molecule has 3 nitrogen and oxygen atoms in total. The fourth-order valence-corrected chi connectivity index (χ4v) is 1.95. The van der Waals surface area contributed by atoms with Crippen molar-refractivity contribution in [1.82, 2.24) is 4.98 Å². The highest BCUT2D eigenvalue weighted by Crippen LogP contribution is 2.28. The van der Waals surface area contributed by atoms with E-state index in [-0.39, 0.29) is 0 Å². The maximum Gasteiger partial charge on any atom is 0.132 e. The molecule has 0 unspecified atom stereocenters. The second-order valence-electron chi connectivity index (χ2n) is 3.22. The van der Waals surface area contributed by atoms with E-state index in [1.807, 2.05) is 18.2 Å². The van der Waals surface area contributed by atoms with E-state index in [4.69, 9.17) is 5.73 Å². The monoisotopic (exact) mass is 341 g/mol. The Hall–Kier alpha value is -1.07. The summed E-state index contributed by atoms with van der Waals surface area (Å²) in [6.45, 7) is 0. The fourth-order valence-electron chi connectivity index (χ4n) is 1.25. The van der Waals surface area contributed by atoms with Gasteiger partial charge in [-0.3, -0.25) is 0 Å². The van der Waals surface area contributed by atoms with E-state index in [0.29, 0.717) is 5.69 Å². The summed E-state index contributed by atoms with van der Waals surface area (Å²) < 4.78 is 1.97. The fraction of sp³-hybridized carbons (Fsp3) is 0. The summed E-state index contributed by atoms with van der Waals surface area (Å²) in [4.78, 5) is 4.18. The predicted molar refractivity (Wildman–Crippen MR) is 73.8 cm³/mol. The summed E-state index contributed by atoms with van der Waals surface area (Å²) >= 11 is 6.88. The number of pyridine rings is 1. The molecule has 1 heterocycles. The lowest BCUT2D eigenvalue weighted by atomic mass is 10.3. The van der Waals surface area contributed by atoms with Gasteiger partial charge in [0.1, 0.15) is 5.82 Å². The van der Waals surface area contributed by atoms with Gasteiger partial charge in [0.2, 0.25) is 0 Å². The van der Waals surface area contributed by atoms with Crippen LogP contribution in [0, 0.1) is 0 Å². The Morgan fingerprint density at radius 3 is 2.69 bits per heavy atom. The molecule has 0 radical (unpaired) electrons. The molecule has 0 saturated carbocycles. The second-order valence-corrected chi connectivity index (χ2v) is 4.99. The van der Waals surface area contributed by atoms with Crippen molar-refractivity contribution < 1.29 is 0 Å². The minimum Gasteiger partial charge on any atom is -0.399 e. The first-order chi connectivity index (χ1) is 7.65. The average Bonchev–Trinajstić information content (AvgIpc) is 2.24. The molecule has 1 aromatic heterocycles. The molecule has 0 amide bonds. The van der Waals surface area contributed by atoms with Crippen LogP contribution in [0.3, 0.4) is 0 Å². The number of nitrogens with one attached hydrogen (secondary N) is 1. The van der Waals surface area contributed by atoms with Crippen molar-refractivity contribution in [3.63, 3.8) is 0 Å². The molecule has 5 heteroatoms. The number of hydrogen-bond acceptors (Lipinski definition) is 3. The molecule has 0 fully saturated rings. The molecule has 0 aliphatic carbocycles. The molecular formula is C11H9Br2N3. The Kier molecular flexibility index (Phi) is 3.46. The Balaban J connectivity index is 2.30. The lowest BCUT2D eigenvalue weighted by Crippen LogP contribution is -1.95. The van der Waals surface area contributed by atoms with Gasteiger partial charge in [-0.1, -0.05) is 15.9 Å². The Bertz CT molecular complexity index is 514. The van der Waals surface area contributed by atoms with Gasteiger partial charge in [-0.05, 0) is 40.2 Å². The minimum absolute atomic E-state index is 0.684. The topological polar surface area (TPSA) is 50.9 Å². The minimum atomic E-state index is 0.684. The lowest BCUT2D eigenvalue weighted by molar-refractivity contribution is 1.31. The van der Waals surface area contributed by atoms with E-state index in [2.05, 4.69) is 42.2 Å². The number of anilines is 3. The first kappa shape index (κ1) is 11.4. The molecular weight excluding hydrogens is 334 g/mol. The van der Waals surface area contributed by atoms with Crippen LogP contribution in [-0.4, -0.2) is 4.98 Å². The molecule has 0 aliphatic heterocycles. The highest BCUT2D eigenvalue weighted by atomic mass is 79.9. The SMILES string of the molecule is Nc1ccnc(Nc2cc(Br)ccc2Br)c1. The predicted octanol–water partition coefficient (Wildman–Crippen LogP) is 3.93. The third-order valence-corrected chi connectivity index (χ3v) is 3.16. The van der Waals surface area contributed by atoms with Gasteiger partial charge in [0.15, 0.2) is 0 Å². The van der Waals surface area contributed by atoms with Crippen molar-refractivity contribution in [2.24, 2.45) is 0 Å². The summed E-state index contributed by atoms with van der Waals surface area (Å²) in [5, 5.41) is 3.19. The molecule has 82 valence electrons. The van der Waals surface area contributed by atoms with Crippen LogP contribution in [0.5, 0.6) is 0 Å². The molecule has 2 rings (SSSR count). The van der Waals surface area contributed by atoms with Crippen molar-refractivity contribution in [2.75, 3.05) is 11.1 Å². The van der Waals surface area contributed by atoms with Crippen molar-refractivity contribution in [3.05, 3.63) is 45.5 Å². The maximum absolute atomic E-state index is 5.68. The van der Waals surface area contributed by atoms with E-state index in [1.165, 1.54) is 0 Å². The summed E-state index contributed by atoms with van der Waals surface area (Å²) in [6, 6.07) is 9.42. The quantitative estimate of drug-likeness (QED) is 0.869. The summed E-state index contributed by atoms with van der Waals surface area (Å²) in [5.74, 6) is 0.721. The zero-order valence-electron chi connectivity index (χ0n) is 8.24. The van der Waals surface area contributed by atoms with Crippen LogP contribution in [0.1, 0.15) is 0 Å². The molecule has 3 N–H and O–H groups in total. The Labute approximate surface area is 110 Å². The van der Waals surface area contributed by atoms with Crippen LogP contribution in [0.2, 0.25) is 0 Å². The Morgan fingerprint density at radius 1 is 1.12 bits per heavy atom. The van der Waals surface area contributed by atoms with E-state index in [1.54, 1.807) is 18.3 Å². The maximum atomic E-state index is 5.68. The van der Waals surface area contributed by atoms with Gasteiger partial charge in [-0.15, -0.1) is 0 Å². The van der Waals surface area contributed by atoms with E-state index < -0.39 is 0 Å². The van der Waals surface area contributed by atoms with E-state index in [0.717, 1.165) is 20.5 Å². The van der Waals surface area contributed by atoms with Crippen LogP contribution in [0.4, 0.5) is 17.2 Å². The number of benzene rings is 1. The van der Waals surface area contributed by atoms with Crippen LogP contribution in [-0.2, 0) is 0 Å². The summed E-state index contributed by atoms with van der Waals surface area (Å²) in [6.07, 6.45) is 1.67. The van der Waals surface area contributed by atoms with Gasteiger partial charge in [0.05, 0.1) is 5.69 Å². The number of rotatable bonds is 2. The van der Waals surface area contributed by atoms with Crippen molar-refractivity contribution in [2.45, 2.75) is 0 Å². The number of hydrogen-bond donors (Lipinski definition) is 2. The third-order valence-electron chi connectivity index (χ3n) is 1.98. The van der Waals surface area contributed by atoms with Gasteiger partial charge in [0, 0.05) is 26.9 Å². The molecule has 0 bridgehead atoms. The van der Waals surface area contributed by atoms with Gasteiger partial charge >= 0.3 is 0 Å². The smallest absolute Gasteiger partial charge is 0.132 e. The molecule has 16 heavy (non-hydrogen) atoms. The molecule has 0 atom stereocenters. The van der Waals surface area contributed by atoms with Gasteiger partial charge in [-0.25, -0.2) is 4.98 Å². The number of nitrogens with zero attached hydrogens (tertiary/aromatic N) is 1. The zero-order valence-corrected chi connectivity index (χ0v) is 11.4. The molecule has 0 saturated heterocycles. The van der Waals surface area contributed by atoms with Gasteiger partial charge < -0.3 is 11.1 Å². The highest BCUT2D eigenvalue weighted by molar-refractivity contribution is 9.11. The number of nitrogens with two attached hydrogens (primary N) is 1. The zero-order chi connectivity index (χ0) is 11.5. The number of aromatic nitrogens is 1.